The average Bonchev–Trinajstić information content (AvgIpc) is 2.58. The molecule has 1 aromatic carbocycles. The molecular formula is C19H22ClN3O. The Morgan fingerprint density at radius 3 is 2.71 bits per heavy atom. The van der Waals surface area contributed by atoms with Gasteiger partial charge in [0.05, 0.1) is 10.6 Å². The van der Waals surface area contributed by atoms with Crippen LogP contribution in [0.3, 0.4) is 0 Å². The second-order valence-electron chi connectivity index (χ2n) is 6.40. The topological polar surface area (TPSA) is 45.2 Å². The van der Waals surface area contributed by atoms with Crippen LogP contribution in [-0.4, -0.2) is 35.9 Å². The van der Waals surface area contributed by atoms with Gasteiger partial charge >= 0.3 is 0 Å². The highest BCUT2D eigenvalue weighted by Gasteiger charge is 2.18. The van der Waals surface area contributed by atoms with Gasteiger partial charge in [0.1, 0.15) is 5.82 Å². The summed E-state index contributed by atoms with van der Waals surface area (Å²) in [5.74, 6) is 1.01. The monoisotopic (exact) mass is 343 g/mol. The largest absolute Gasteiger partial charge is 0.307 e. The Morgan fingerprint density at radius 2 is 1.96 bits per heavy atom. The van der Waals surface area contributed by atoms with Crippen LogP contribution in [0.5, 0.6) is 0 Å². The van der Waals surface area contributed by atoms with Crippen molar-refractivity contribution in [3.63, 3.8) is 0 Å². The van der Waals surface area contributed by atoms with E-state index in [9.17, 15) is 4.79 Å². The Hall–Kier alpha value is -1.91. The fraction of sp³-hybridized carbons (Fsp3) is 0.368. The van der Waals surface area contributed by atoms with Crippen molar-refractivity contribution in [2.45, 2.75) is 19.3 Å². The molecule has 0 spiro atoms. The Kier molecular flexibility index (Phi) is 5.48. The summed E-state index contributed by atoms with van der Waals surface area (Å²) in [6.07, 6.45) is 3.37. The molecule has 0 atom stereocenters. The first kappa shape index (κ1) is 16.9. The molecule has 5 heteroatoms. The molecule has 1 amide bonds. The number of pyridine rings is 1. The van der Waals surface area contributed by atoms with Crippen LogP contribution in [0.25, 0.3) is 0 Å². The highest BCUT2D eigenvalue weighted by Crippen LogP contribution is 2.21. The molecule has 24 heavy (non-hydrogen) atoms. The molecule has 0 aliphatic carbocycles. The van der Waals surface area contributed by atoms with Gasteiger partial charge < -0.3 is 10.2 Å². The minimum atomic E-state index is -0.232. The molecular weight excluding hydrogens is 322 g/mol. The number of rotatable bonds is 4. The van der Waals surface area contributed by atoms with E-state index in [4.69, 9.17) is 11.6 Å². The summed E-state index contributed by atoms with van der Waals surface area (Å²) < 4.78 is 0. The molecule has 4 nitrogen and oxygen atoms in total. The van der Waals surface area contributed by atoms with E-state index in [1.807, 2.05) is 18.2 Å². The molecule has 0 bridgehead atoms. The molecule has 0 unspecified atom stereocenters. The zero-order valence-corrected chi connectivity index (χ0v) is 14.6. The number of nitrogens with zero attached hydrogens (tertiary/aromatic N) is 2. The van der Waals surface area contributed by atoms with Crippen molar-refractivity contribution < 1.29 is 4.79 Å². The normalized spacial score (nSPS) is 16.1. The van der Waals surface area contributed by atoms with Crippen molar-refractivity contribution in [2.24, 2.45) is 5.92 Å². The van der Waals surface area contributed by atoms with Gasteiger partial charge in [0, 0.05) is 5.69 Å². The van der Waals surface area contributed by atoms with E-state index in [1.165, 1.54) is 12.8 Å². The van der Waals surface area contributed by atoms with Crippen LogP contribution in [0, 0.1) is 5.92 Å². The number of halogens is 1. The van der Waals surface area contributed by atoms with Crippen molar-refractivity contribution in [2.75, 3.05) is 25.5 Å². The van der Waals surface area contributed by atoms with Crippen molar-refractivity contribution in [1.82, 2.24) is 9.88 Å². The Balaban J connectivity index is 1.65. The summed E-state index contributed by atoms with van der Waals surface area (Å²) in [5.41, 5.74) is 1.49. The average molecular weight is 344 g/mol. The lowest BCUT2D eigenvalue weighted by Crippen LogP contribution is -2.31. The first-order chi connectivity index (χ1) is 11.6. The predicted octanol–water partition coefficient (Wildman–Crippen LogP) is 3.87. The number of anilines is 1. The summed E-state index contributed by atoms with van der Waals surface area (Å²) >= 11 is 6.07. The third-order valence-electron chi connectivity index (χ3n) is 4.50. The van der Waals surface area contributed by atoms with E-state index in [0.29, 0.717) is 22.3 Å². The molecule has 1 N–H and O–H groups in total. The molecule has 1 fully saturated rings. The van der Waals surface area contributed by atoms with E-state index in [-0.39, 0.29) is 5.91 Å². The maximum absolute atomic E-state index is 12.3. The van der Waals surface area contributed by atoms with Crippen molar-refractivity contribution in [3.8, 4) is 0 Å². The molecule has 0 radical (unpaired) electrons. The zero-order chi connectivity index (χ0) is 16.9. The Bertz CT molecular complexity index is 711. The number of piperidine rings is 1. The molecule has 1 aliphatic rings. The van der Waals surface area contributed by atoms with Gasteiger partial charge in [-0.05, 0) is 69.6 Å². The van der Waals surface area contributed by atoms with Crippen LogP contribution in [-0.2, 0) is 6.42 Å². The van der Waals surface area contributed by atoms with Crippen LogP contribution < -0.4 is 5.32 Å². The highest BCUT2D eigenvalue weighted by molar-refractivity contribution is 6.34. The number of hydrogen-bond donors (Lipinski definition) is 1. The lowest BCUT2D eigenvalue weighted by Gasteiger charge is -2.28. The minimum Gasteiger partial charge on any atom is -0.307 e. The lowest BCUT2D eigenvalue weighted by molar-refractivity contribution is 0.102. The van der Waals surface area contributed by atoms with E-state index in [1.54, 1.807) is 24.3 Å². The molecule has 1 saturated heterocycles. The molecule has 2 heterocycles. The quantitative estimate of drug-likeness (QED) is 0.916. The van der Waals surface area contributed by atoms with Crippen molar-refractivity contribution in [3.05, 3.63) is 58.7 Å². The second kappa shape index (κ2) is 7.77. The highest BCUT2D eigenvalue weighted by atomic mass is 35.5. The molecule has 1 aliphatic heterocycles. The number of carbonyl (C=O) groups excluding carboxylic acids is 1. The van der Waals surface area contributed by atoms with E-state index in [0.717, 1.165) is 25.2 Å². The number of amides is 1. The van der Waals surface area contributed by atoms with Crippen molar-refractivity contribution >= 4 is 23.3 Å². The number of hydrogen-bond acceptors (Lipinski definition) is 3. The van der Waals surface area contributed by atoms with Crippen LogP contribution in [0.15, 0.2) is 42.5 Å². The van der Waals surface area contributed by atoms with E-state index in [2.05, 4.69) is 22.2 Å². The number of aromatic nitrogens is 1. The molecule has 3 rings (SSSR count). The van der Waals surface area contributed by atoms with Gasteiger partial charge in [0.2, 0.25) is 0 Å². The van der Waals surface area contributed by atoms with Gasteiger partial charge in [-0.25, -0.2) is 4.98 Å². The number of carbonyl (C=O) groups is 1. The number of nitrogens with one attached hydrogen (secondary N) is 1. The van der Waals surface area contributed by atoms with Crippen LogP contribution in [0.2, 0.25) is 5.02 Å². The predicted molar refractivity (Wildman–Crippen MR) is 97.6 cm³/mol. The van der Waals surface area contributed by atoms with Crippen LogP contribution in [0.4, 0.5) is 5.82 Å². The second-order valence-corrected chi connectivity index (χ2v) is 6.81. The SMILES string of the molecule is CN1CCC(Cc2cccc(NC(=O)c3ccccc3Cl)n2)CC1. The fourth-order valence-corrected chi connectivity index (χ4v) is 3.28. The fourth-order valence-electron chi connectivity index (χ4n) is 3.05. The van der Waals surface area contributed by atoms with Gasteiger partial charge in [0.25, 0.3) is 5.91 Å². The first-order valence-corrected chi connectivity index (χ1v) is 8.70. The van der Waals surface area contributed by atoms with E-state index < -0.39 is 0 Å². The minimum absolute atomic E-state index is 0.232. The van der Waals surface area contributed by atoms with Crippen LogP contribution in [0.1, 0.15) is 28.9 Å². The molecule has 0 saturated carbocycles. The zero-order valence-electron chi connectivity index (χ0n) is 13.8. The number of likely N-dealkylation sites (tertiary alicyclic amines) is 1. The molecule has 2 aromatic rings. The summed E-state index contributed by atoms with van der Waals surface area (Å²) in [5, 5.41) is 3.28. The first-order valence-electron chi connectivity index (χ1n) is 8.32. The van der Waals surface area contributed by atoms with Gasteiger partial charge in [-0.1, -0.05) is 29.8 Å². The standard InChI is InChI=1S/C19H22ClN3O/c1-23-11-9-14(10-12-23)13-15-5-4-8-18(21-15)22-19(24)16-6-2-3-7-17(16)20/h2-8,14H,9-13H2,1H3,(H,21,22,24). The summed E-state index contributed by atoms with van der Waals surface area (Å²) in [6, 6.07) is 12.8. The lowest BCUT2D eigenvalue weighted by atomic mass is 9.92. The Morgan fingerprint density at radius 1 is 1.21 bits per heavy atom. The summed E-state index contributed by atoms with van der Waals surface area (Å²) in [6.45, 7) is 2.29. The summed E-state index contributed by atoms with van der Waals surface area (Å²) in [4.78, 5) is 19.3. The van der Waals surface area contributed by atoms with Gasteiger partial charge in [-0.2, -0.15) is 0 Å². The maximum Gasteiger partial charge on any atom is 0.258 e. The van der Waals surface area contributed by atoms with Gasteiger partial charge in [0.15, 0.2) is 0 Å². The van der Waals surface area contributed by atoms with Gasteiger partial charge in [-0.3, -0.25) is 4.79 Å². The molecule has 1 aromatic heterocycles. The smallest absolute Gasteiger partial charge is 0.258 e. The van der Waals surface area contributed by atoms with Gasteiger partial charge in [-0.15, -0.1) is 0 Å². The Labute approximate surface area is 147 Å². The van der Waals surface area contributed by atoms with E-state index >= 15 is 0 Å². The van der Waals surface area contributed by atoms with Crippen LogP contribution >= 0.6 is 11.6 Å². The van der Waals surface area contributed by atoms with Crippen molar-refractivity contribution in [1.29, 1.82) is 0 Å². The third-order valence-corrected chi connectivity index (χ3v) is 4.83. The number of benzene rings is 1. The molecule has 126 valence electrons. The third kappa shape index (κ3) is 4.34. The maximum atomic E-state index is 12.3. The summed E-state index contributed by atoms with van der Waals surface area (Å²) in [7, 11) is 2.17.